The highest BCUT2D eigenvalue weighted by molar-refractivity contribution is 5.95. The van der Waals surface area contributed by atoms with Crippen molar-refractivity contribution in [3.05, 3.63) is 0 Å². The zero-order valence-electron chi connectivity index (χ0n) is 19.6. The van der Waals surface area contributed by atoms with E-state index < -0.39 is 48.0 Å². The van der Waals surface area contributed by atoms with Crippen LogP contribution in [0.4, 0.5) is 0 Å². The molecule has 5 atom stereocenters. The highest BCUT2D eigenvalue weighted by Crippen LogP contribution is 2.06. The van der Waals surface area contributed by atoms with Crippen molar-refractivity contribution in [3.63, 3.8) is 0 Å². The molecule has 0 heterocycles. The molecule has 0 spiro atoms. The summed E-state index contributed by atoms with van der Waals surface area (Å²) >= 11 is 0. The number of nitrogens with two attached hydrogens (primary N) is 3. The van der Waals surface area contributed by atoms with E-state index in [9.17, 15) is 24.3 Å². The molecule has 11 nitrogen and oxygen atoms in total. The number of carbonyl (C=O) groups is 4. The third-order valence-electron chi connectivity index (χ3n) is 5.12. The second-order valence-corrected chi connectivity index (χ2v) is 8.07. The minimum atomic E-state index is -1.33. The van der Waals surface area contributed by atoms with E-state index in [2.05, 4.69) is 22.9 Å². The maximum atomic E-state index is 12.8. The minimum Gasteiger partial charge on any atom is -0.391 e. The number of nitrogens with one attached hydrogen (secondary N) is 3. The van der Waals surface area contributed by atoms with Gasteiger partial charge in [0.05, 0.1) is 18.2 Å². The van der Waals surface area contributed by atoms with Crippen molar-refractivity contribution >= 4 is 23.5 Å². The van der Waals surface area contributed by atoms with Gasteiger partial charge in [-0.2, -0.15) is 0 Å². The first-order valence-electron chi connectivity index (χ1n) is 11.3. The molecule has 0 aliphatic carbocycles. The molecular formula is C21H42N6O5. The summed E-state index contributed by atoms with van der Waals surface area (Å²) in [5.74, 6) is -2.18. The SMILES string of the molecule is CCCCCCC(N)C(=O)N[C@@H](CCN)C(=O)N[C@H](C(=O)N[C@@H](CCN)C(C)=O)C(C)O. The van der Waals surface area contributed by atoms with Crippen LogP contribution >= 0.6 is 0 Å². The Morgan fingerprint density at radius 1 is 0.812 bits per heavy atom. The number of aliphatic hydroxyl groups excluding tert-OH is 1. The highest BCUT2D eigenvalue weighted by atomic mass is 16.3. The molecule has 0 aromatic carbocycles. The van der Waals surface area contributed by atoms with Gasteiger partial charge in [-0.25, -0.2) is 0 Å². The number of ketones is 1. The molecule has 10 N–H and O–H groups in total. The van der Waals surface area contributed by atoms with E-state index in [-0.39, 0.29) is 31.7 Å². The van der Waals surface area contributed by atoms with Crippen molar-refractivity contribution in [1.82, 2.24) is 16.0 Å². The van der Waals surface area contributed by atoms with Crippen molar-refractivity contribution in [2.24, 2.45) is 17.2 Å². The van der Waals surface area contributed by atoms with E-state index in [1.54, 1.807) is 0 Å². The maximum Gasteiger partial charge on any atom is 0.245 e. The van der Waals surface area contributed by atoms with Crippen LogP contribution in [-0.2, 0) is 19.2 Å². The molecule has 2 unspecified atom stereocenters. The van der Waals surface area contributed by atoms with Gasteiger partial charge in [0.1, 0.15) is 12.1 Å². The van der Waals surface area contributed by atoms with Crippen LogP contribution in [0.15, 0.2) is 0 Å². The van der Waals surface area contributed by atoms with Crippen molar-refractivity contribution in [2.45, 2.75) is 96.0 Å². The van der Waals surface area contributed by atoms with Crippen molar-refractivity contribution in [3.8, 4) is 0 Å². The largest absolute Gasteiger partial charge is 0.391 e. The lowest BCUT2D eigenvalue weighted by molar-refractivity contribution is -0.135. The molecule has 11 heteroatoms. The van der Waals surface area contributed by atoms with Crippen LogP contribution in [0, 0.1) is 0 Å². The van der Waals surface area contributed by atoms with Crippen molar-refractivity contribution < 1.29 is 24.3 Å². The summed E-state index contributed by atoms with van der Waals surface area (Å²) in [4.78, 5) is 49.4. The van der Waals surface area contributed by atoms with Crippen LogP contribution in [0.3, 0.4) is 0 Å². The molecule has 0 saturated carbocycles. The predicted molar refractivity (Wildman–Crippen MR) is 122 cm³/mol. The smallest absolute Gasteiger partial charge is 0.245 e. The van der Waals surface area contributed by atoms with Crippen LogP contribution in [0.2, 0.25) is 0 Å². The Bertz CT molecular complexity index is 601. The summed E-state index contributed by atoms with van der Waals surface area (Å²) in [7, 11) is 0. The molecule has 0 aliphatic rings. The predicted octanol–water partition coefficient (Wildman–Crippen LogP) is -1.59. The lowest BCUT2D eigenvalue weighted by Gasteiger charge is -2.26. The Kier molecular flexibility index (Phi) is 15.5. The van der Waals surface area contributed by atoms with Gasteiger partial charge in [0.15, 0.2) is 5.78 Å². The Morgan fingerprint density at radius 3 is 1.88 bits per heavy atom. The van der Waals surface area contributed by atoms with E-state index in [1.165, 1.54) is 13.8 Å². The molecule has 0 aliphatic heterocycles. The van der Waals surface area contributed by atoms with Gasteiger partial charge in [-0.05, 0) is 46.2 Å². The third-order valence-corrected chi connectivity index (χ3v) is 5.12. The summed E-state index contributed by atoms with van der Waals surface area (Å²) in [6.07, 6.45) is 3.50. The first kappa shape index (κ1) is 29.9. The third kappa shape index (κ3) is 11.5. The molecule has 0 fully saturated rings. The van der Waals surface area contributed by atoms with E-state index >= 15 is 0 Å². The molecule has 0 aromatic rings. The van der Waals surface area contributed by atoms with Gasteiger partial charge in [-0.3, -0.25) is 19.2 Å². The first-order valence-corrected chi connectivity index (χ1v) is 11.3. The van der Waals surface area contributed by atoms with E-state index in [0.717, 1.165) is 25.7 Å². The Balaban J connectivity index is 5.10. The number of carbonyl (C=O) groups excluding carboxylic acids is 4. The second-order valence-electron chi connectivity index (χ2n) is 8.07. The molecule has 32 heavy (non-hydrogen) atoms. The van der Waals surface area contributed by atoms with Crippen LogP contribution in [0.1, 0.15) is 65.7 Å². The normalized spacial score (nSPS) is 15.7. The maximum absolute atomic E-state index is 12.8. The Labute approximate surface area is 190 Å². The number of hydrogen-bond donors (Lipinski definition) is 7. The molecule has 0 saturated heterocycles. The van der Waals surface area contributed by atoms with Crippen LogP contribution in [0.5, 0.6) is 0 Å². The summed E-state index contributed by atoms with van der Waals surface area (Å²) in [5, 5.41) is 17.5. The van der Waals surface area contributed by atoms with Gasteiger partial charge in [0.25, 0.3) is 0 Å². The fourth-order valence-corrected chi connectivity index (χ4v) is 3.10. The second kappa shape index (κ2) is 16.5. The van der Waals surface area contributed by atoms with E-state index in [4.69, 9.17) is 17.2 Å². The van der Waals surface area contributed by atoms with Gasteiger partial charge >= 0.3 is 0 Å². The number of rotatable bonds is 17. The quantitative estimate of drug-likeness (QED) is 0.126. The van der Waals surface area contributed by atoms with Crippen molar-refractivity contribution in [1.29, 1.82) is 0 Å². The molecular weight excluding hydrogens is 416 g/mol. The number of aliphatic hydroxyl groups is 1. The van der Waals surface area contributed by atoms with Crippen molar-refractivity contribution in [2.75, 3.05) is 13.1 Å². The first-order chi connectivity index (χ1) is 15.1. The lowest BCUT2D eigenvalue weighted by atomic mass is 10.1. The van der Waals surface area contributed by atoms with Gasteiger partial charge in [-0.1, -0.05) is 32.6 Å². The molecule has 0 aromatic heterocycles. The number of Topliss-reactive ketones (excluding diaryl/α,β-unsaturated/α-hetero) is 1. The zero-order valence-corrected chi connectivity index (χ0v) is 19.6. The summed E-state index contributed by atoms with van der Waals surface area (Å²) in [5.41, 5.74) is 17.0. The van der Waals surface area contributed by atoms with Crippen LogP contribution in [0.25, 0.3) is 0 Å². The number of hydrogen-bond acceptors (Lipinski definition) is 8. The van der Waals surface area contributed by atoms with Crippen LogP contribution < -0.4 is 33.2 Å². The summed E-state index contributed by atoms with van der Waals surface area (Å²) in [6.45, 7) is 5.02. The summed E-state index contributed by atoms with van der Waals surface area (Å²) in [6, 6.07) is -3.93. The average molecular weight is 459 g/mol. The fourth-order valence-electron chi connectivity index (χ4n) is 3.10. The topological polar surface area (TPSA) is 203 Å². The van der Waals surface area contributed by atoms with E-state index in [1.807, 2.05) is 0 Å². The standard InChI is InChI=1S/C21H42N6O5/c1-4-5-6-7-8-15(24)19(30)26-17(10-12-23)20(31)27-18(14(3)29)21(32)25-16(9-11-22)13(2)28/h14-18,29H,4-12,22-24H2,1-3H3,(H,25,32)(H,26,30)(H,27,31)/t14?,15?,16-,17-,18-/m0/s1. The molecule has 3 amide bonds. The Hall–Kier alpha value is -2.08. The van der Waals surface area contributed by atoms with Crippen LogP contribution in [-0.4, -0.2) is 72.0 Å². The summed E-state index contributed by atoms with van der Waals surface area (Å²) < 4.78 is 0. The van der Waals surface area contributed by atoms with Gasteiger partial charge < -0.3 is 38.3 Å². The van der Waals surface area contributed by atoms with Gasteiger partial charge in [-0.15, -0.1) is 0 Å². The fraction of sp³-hybridized carbons (Fsp3) is 0.810. The average Bonchev–Trinajstić information content (AvgIpc) is 2.73. The number of amides is 3. The van der Waals surface area contributed by atoms with Gasteiger partial charge in [0, 0.05) is 0 Å². The van der Waals surface area contributed by atoms with E-state index in [0.29, 0.717) is 6.42 Å². The molecule has 0 bridgehead atoms. The molecule has 0 radical (unpaired) electrons. The Morgan fingerprint density at radius 2 is 1.38 bits per heavy atom. The molecule has 0 rings (SSSR count). The lowest BCUT2D eigenvalue weighted by Crippen LogP contribution is -2.60. The molecule has 186 valence electrons. The monoisotopic (exact) mass is 458 g/mol. The van der Waals surface area contributed by atoms with Gasteiger partial charge in [0.2, 0.25) is 17.7 Å². The highest BCUT2D eigenvalue weighted by Gasteiger charge is 2.31. The minimum absolute atomic E-state index is 0.110. The zero-order chi connectivity index (χ0) is 24.7. The number of unbranched alkanes of at least 4 members (excludes halogenated alkanes) is 3.